The zero-order valence-electron chi connectivity index (χ0n) is 22.6. The van der Waals surface area contributed by atoms with Gasteiger partial charge in [0.15, 0.2) is 0 Å². The van der Waals surface area contributed by atoms with E-state index in [-0.39, 0.29) is 13.0 Å². The monoisotopic (exact) mass is 539 g/mol. The molecule has 5 nitrogen and oxygen atoms in total. The first-order valence-electron chi connectivity index (χ1n) is 12.5. The predicted molar refractivity (Wildman–Crippen MR) is 143 cm³/mol. The van der Waals surface area contributed by atoms with Crippen molar-refractivity contribution in [3.63, 3.8) is 0 Å². The van der Waals surface area contributed by atoms with E-state index in [9.17, 15) is 23.1 Å². The molecule has 2 rings (SSSR count). The topological polar surface area (TPSA) is 67.8 Å². The molecule has 0 saturated heterocycles. The summed E-state index contributed by atoms with van der Waals surface area (Å²) in [5, 5.41) is 13.7. The molecule has 0 aliphatic heterocycles. The van der Waals surface area contributed by atoms with E-state index in [0.717, 1.165) is 10.4 Å². The van der Waals surface area contributed by atoms with Crippen molar-refractivity contribution in [1.82, 2.24) is 5.32 Å². The minimum absolute atomic E-state index is 0.149. The Kier molecular flexibility index (Phi) is 10.4. The van der Waals surface area contributed by atoms with Crippen molar-refractivity contribution >= 4 is 24.8 Å². The normalized spacial score (nSPS) is 14.6. The van der Waals surface area contributed by atoms with Crippen molar-refractivity contribution in [2.75, 3.05) is 13.2 Å². The minimum Gasteiger partial charge on any atom is -0.444 e. The van der Waals surface area contributed by atoms with Gasteiger partial charge in [-0.25, -0.2) is 4.79 Å². The number of benzene rings is 2. The van der Waals surface area contributed by atoms with Crippen LogP contribution in [0.1, 0.15) is 54.4 Å². The number of alkyl halides is 3. The highest BCUT2D eigenvalue weighted by Crippen LogP contribution is 2.37. The molecule has 9 heteroatoms. The predicted octanol–water partition coefficient (Wildman–Crippen LogP) is 5.41. The van der Waals surface area contributed by atoms with E-state index in [1.807, 2.05) is 60.7 Å². The molecule has 0 bridgehead atoms. The van der Waals surface area contributed by atoms with E-state index in [1.54, 1.807) is 20.8 Å². The van der Waals surface area contributed by atoms with Crippen LogP contribution < -0.4 is 15.7 Å². The Labute approximate surface area is 219 Å². The molecule has 0 aliphatic carbocycles. The van der Waals surface area contributed by atoms with Crippen LogP contribution in [0.4, 0.5) is 18.0 Å². The lowest BCUT2D eigenvalue weighted by Crippen LogP contribution is -2.67. The molecule has 1 amide bonds. The first-order chi connectivity index (χ1) is 17.1. The van der Waals surface area contributed by atoms with E-state index < -0.39 is 56.2 Å². The third-order valence-electron chi connectivity index (χ3n) is 6.16. The Hall–Kier alpha value is -2.36. The summed E-state index contributed by atoms with van der Waals surface area (Å²) in [6.07, 6.45) is -6.62. The van der Waals surface area contributed by atoms with Gasteiger partial charge in [-0.15, -0.1) is 0 Å². The van der Waals surface area contributed by atoms with Crippen molar-refractivity contribution in [1.29, 1.82) is 0 Å². The van der Waals surface area contributed by atoms with Crippen LogP contribution in [0.5, 0.6) is 0 Å². The Morgan fingerprint density at radius 2 is 1.41 bits per heavy atom. The molecule has 0 spiro atoms. The largest absolute Gasteiger partial charge is 0.444 e. The highest BCUT2D eigenvalue weighted by molar-refractivity contribution is 6.99. The second-order valence-electron chi connectivity index (χ2n) is 11.3. The summed E-state index contributed by atoms with van der Waals surface area (Å²) >= 11 is 0. The van der Waals surface area contributed by atoms with Crippen molar-refractivity contribution in [2.24, 2.45) is 5.92 Å². The van der Waals surface area contributed by atoms with Crippen LogP contribution >= 0.6 is 0 Å². The maximum atomic E-state index is 13.5. The second-order valence-corrected chi connectivity index (χ2v) is 15.6. The van der Waals surface area contributed by atoms with E-state index in [4.69, 9.17) is 9.16 Å². The Morgan fingerprint density at radius 3 is 1.78 bits per heavy atom. The van der Waals surface area contributed by atoms with Crippen molar-refractivity contribution < 1.29 is 32.2 Å². The third kappa shape index (κ3) is 8.86. The molecule has 2 aromatic rings. The lowest BCUT2D eigenvalue weighted by atomic mass is 9.93. The SMILES string of the molecule is CC(C)(C)OC(=O)N[C@@H](CO[Si](c1ccccc1)(c1ccccc1)C(C)(C)C)[C@@H](CCO)CC(F)(F)F. The number of carbonyl (C=O) groups excluding carboxylic acids is 1. The Bertz CT molecular complexity index is 933. The lowest BCUT2D eigenvalue weighted by Gasteiger charge is -2.44. The van der Waals surface area contributed by atoms with Gasteiger partial charge in [0.05, 0.1) is 12.6 Å². The van der Waals surface area contributed by atoms with Crippen LogP contribution in [0.3, 0.4) is 0 Å². The van der Waals surface area contributed by atoms with Gasteiger partial charge in [0.1, 0.15) is 5.60 Å². The fourth-order valence-electron chi connectivity index (χ4n) is 4.64. The molecule has 37 heavy (non-hydrogen) atoms. The Morgan fingerprint density at radius 1 is 0.919 bits per heavy atom. The van der Waals surface area contributed by atoms with Gasteiger partial charge in [0.2, 0.25) is 0 Å². The van der Waals surface area contributed by atoms with Crippen LogP contribution in [-0.4, -0.2) is 50.6 Å². The van der Waals surface area contributed by atoms with E-state index >= 15 is 0 Å². The van der Waals surface area contributed by atoms with Crippen molar-refractivity contribution in [3.8, 4) is 0 Å². The number of aliphatic hydroxyl groups is 1. The van der Waals surface area contributed by atoms with Gasteiger partial charge in [-0.3, -0.25) is 0 Å². The van der Waals surface area contributed by atoms with Gasteiger partial charge >= 0.3 is 12.3 Å². The highest BCUT2D eigenvalue weighted by Gasteiger charge is 2.51. The summed E-state index contributed by atoms with van der Waals surface area (Å²) in [5.41, 5.74) is -0.829. The smallest absolute Gasteiger partial charge is 0.407 e. The van der Waals surface area contributed by atoms with E-state index in [0.29, 0.717) is 0 Å². The van der Waals surface area contributed by atoms with Gasteiger partial charge in [-0.05, 0) is 48.5 Å². The lowest BCUT2D eigenvalue weighted by molar-refractivity contribution is -0.148. The first-order valence-corrected chi connectivity index (χ1v) is 14.4. The molecule has 0 aromatic heterocycles. The zero-order valence-corrected chi connectivity index (χ0v) is 23.6. The van der Waals surface area contributed by atoms with Gasteiger partial charge in [-0.1, -0.05) is 81.4 Å². The van der Waals surface area contributed by atoms with Gasteiger partial charge in [0.25, 0.3) is 8.32 Å². The molecule has 206 valence electrons. The number of carbonyl (C=O) groups is 1. The van der Waals surface area contributed by atoms with Crippen molar-refractivity contribution in [3.05, 3.63) is 60.7 Å². The van der Waals surface area contributed by atoms with E-state index in [1.165, 1.54) is 0 Å². The van der Waals surface area contributed by atoms with Crippen LogP contribution in [0.15, 0.2) is 60.7 Å². The van der Waals surface area contributed by atoms with Crippen molar-refractivity contribution in [2.45, 2.75) is 77.2 Å². The summed E-state index contributed by atoms with van der Waals surface area (Å²) in [5.74, 6) is -1.10. The maximum absolute atomic E-state index is 13.5. The molecule has 0 aliphatic rings. The molecular formula is C28H40F3NO4Si. The van der Waals surface area contributed by atoms with E-state index in [2.05, 4.69) is 26.1 Å². The number of nitrogens with one attached hydrogen (secondary N) is 1. The number of hydrogen-bond donors (Lipinski definition) is 2. The fourth-order valence-corrected chi connectivity index (χ4v) is 9.22. The molecule has 0 fully saturated rings. The number of aliphatic hydroxyl groups excluding tert-OH is 1. The minimum atomic E-state index is -4.48. The number of amides is 1. The average Bonchev–Trinajstić information content (AvgIpc) is 2.77. The summed E-state index contributed by atoms with van der Waals surface area (Å²) in [7, 11) is -3.07. The van der Waals surface area contributed by atoms with Crippen LogP contribution in [-0.2, 0) is 9.16 Å². The molecule has 0 radical (unpaired) electrons. The number of hydrogen-bond acceptors (Lipinski definition) is 4. The average molecular weight is 540 g/mol. The number of ether oxygens (including phenoxy) is 1. The number of halogens is 3. The third-order valence-corrected chi connectivity index (χ3v) is 11.2. The molecule has 0 unspecified atom stereocenters. The summed E-state index contributed by atoms with van der Waals surface area (Å²) < 4.78 is 52.8. The molecule has 0 saturated carbocycles. The second kappa shape index (κ2) is 12.5. The van der Waals surface area contributed by atoms with Gasteiger partial charge in [-0.2, -0.15) is 13.2 Å². The summed E-state index contributed by atoms with van der Waals surface area (Å²) in [6.45, 7) is 10.6. The molecule has 2 N–H and O–H groups in total. The van der Waals surface area contributed by atoms with Crippen LogP contribution in [0.2, 0.25) is 5.04 Å². The fraction of sp³-hybridized carbons (Fsp3) is 0.536. The standard InChI is InChI=1S/C28H40F3NO4Si/c1-26(2,3)36-25(34)32-24(21(17-18-33)19-28(29,30)31)20-35-37(27(4,5)6,22-13-9-7-10-14-22)23-15-11-8-12-16-23/h7-16,21,24,33H,17-20H2,1-6H3,(H,32,34)/t21-,24-/m0/s1. The summed E-state index contributed by atoms with van der Waals surface area (Å²) in [6, 6.07) is 18.4. The Balaban J connectivity index is 2.56. The zero-order chi connectivity index (χ0) is 27.9. The van der Waals surface area contributed by atoms with Crippen LogP contribution in [0, 0.1) is 5.92 Å². The first kappa shape index (κ1) is 30.9. The number of rotatable bonds is 10. The van der Waals surface area contributed by atoms with Crippen LogP contribution in [0.25, 0.3) is 0 Å². The molecule has 2 aromatic carbocycles. The molecular weight excluding hydrogens is 499 g/mol. The summed E-state index contributed by atoms with van der Waals surface area (Å²) in [4.78, 5) is 12.7. The maximum Gasteiger partial charge on any atom is 0.407 e. The highest BCUT2D eigenvalue weighted by atomic mass is 28.4. The van der Waals surface area contributed by atoms with Gasteiger partial charge in [0, 0.05) is 13.0 Å². The molecule has 0 heterocycles. The van der Waals surface area contributed by atoms with Gasteiger partial charge < -0.3 is 19.6 Å². The quantitative estimate of drug-likeness (QED) is 0.397. The molecule has 2 atom stereocenters. The number of alkyl carbamates (subject to hydrolysis) is 1.